The van der Waals surface area contributed by atoms with E-state index in [1.54, 1.807) is 6.07 Å². The molecule has 0 saturated carbocycles. The Kier molecular flexibility index (Phi) is 3.31. The van der Waals surface area contributed by atoms with Gasteiger partial charge in [0.1, 0.15) is 17.3 Å². The molecule has 2 atom stereocenters. The van der Waals surface area contributed by atoms with E-state index in [1.165, 1.54) is 12.8 Å². The van der Waals surface area contributed by atoms with Crippen molar-refractivity contribution in [1.29, 1.82) is 5.41 Å². The Morgan fingerprint density at radius 2 is 2.29 bits per heavy atom. The molecule has 2 rings (SSSR count). The summed E-state index contributed by atoms with van der Waals surface area (Å²) in [4.78, 5) is 6.85. The van der Waals surface area contributed by atoms with Crippen molar-refractivity contribution >= 4 is 11.7 Å². The van der Waals surface area contributed by atoms with E-state index in [0.29, 0.717) is 17.8 Å². The van der Waals surface area contributed by atoms with Gasteiger partial charge in [0.2, 0.25) is 0 Å². The van der Waals surface area contributed by atoms with Crippen LogP contribution in [0.4, 0.5) is 5.82 Å². The fraction of sp³-hybridized carbons (Fsp3) is 0.538. The highest BCUT2D eigenvalue weighted by molar-refractivity contribution is 5.93. The molecule has 1 aliphatic heterocycles. The fourth-order valence-electron chi connectivity index (χ4n) is 2.60. The molecule has 92 valence electrons. The van der Waals surface area contributed by atoms with Gasteiger partial charge in [0.05, 0.1) is 0 Å². The predicted octanol–water partition coefficient (Wildman–Crippen LogP) is 2.13. The zero-order valence-corrected chi connectivity index (χ0v) is 10.5. The zero-order valence-electron chi connectivity index (χ0n) is 10.5. The third-order valence-electron chi connectivity index (χ3n) is 3.53. The average Bonchev–Trinajstić information content (AvgIpc) is 2.70. The van der Waals surface area contributed by atoms with Crippen LogP contribution in [0.25, 0.3) is 0 Å². The summed E-state index contributed by atoms with van der Waals surface area (Å²) >= 11 is 0. The quantitative estimate of drug-likeness (QED) is 0.619. The van der Waals surface area contributed by atoms with Crippen LogP contribution in [0.1, 0.15) is 38.8 Å². The summed E-state index contributed by atoms with van der Waals surface area (Å²) in [6.45, 7) is 4.45. The van der Waals surface area contributed by atoms with E-state index in [0.717, 1.165) is 12.2 Å². The minimum Gasteiger partial charge on any atom is -0.382 e. The molecule has 0 spiro atoms. The third kappa shape index (κ3) is 2.25. The normalized spacial score (nSPS) is 24.0. The Hall–Kier alpha value is -1.58. The topological polar surface area (TPSA) is 66.0 Å². The average molecular weight is 232 g/mol. The van der Waals surface area contributed by atoms with Crippen LogP contribution in [0.5, 0.6) is 0 Å². The third-order valence-corrected chi connectivity index (χ3v) is 3.53. The van der Waals surface area contributed by atoms with Crippen LogP contribution < -0.4 is 10.6 Å². The van der Waals surface area contributed by atoms with E-state index in [1.807, 2.05) is 12.1 Å². The van der Waals surface area contributed by atoms with Gasteiger partial charge in [-0.05, 0) is 38.3 Å². The van der Waals surface area contributed by atoms with Gasteiger partial charge in [-0.1, -0.05) is 13.0 Å². The first-order valence-electron chi connectivity index (χ1n) is 6.23. The molecule has 1 aromatic rings. The number of nitrogen functional groups attached to an aromatic ring is 1. The Balaban J connectivity index is 2.32. The molecule has 1 aliphatic rings. The maximum absolute atomic E-state index is 7.44. The summed E-state index contributed by atoms with van der Waals surface area (Å²) in [5.74, 6) is 0.987. The SMILES string of the molecule is CCC1CCC(C)N1c1cccc(C(=N)N)n1. The van der Waals surface area contributed by atoms with Gasteiger partial charge >= 0.3 is 0 Å². The van der Waals surface area contributed by atoms with Crippen molar-refractivity contribution < 1.29 is 0 Å². The number of anilines is 1. The monoisotopic (exact) mass is 232 g/mol. The first-order chi connectivity index (χ1) is 8.13. The second-order valence-electron chi connectivity index (χ2n) is 4.69. The van der Waals surface area contributed by atoms with Gasteiger partial charge in [-0.3, -0.25) is 5.41 Å². The molecule has 0 radical (unpaired) electrons. The van der Waals surface area contributed by atoms with Crippen molar-refractivity contribution in [1.82, 2.24) is 4.98 Å². The standard InChI is InChI=1S/C13H20N4/c1-3-10-8-7-9(2)17(10)12-6-4-5-11(16-12)13(14)15/h4-6,9-10H,3,7-8H2,1-2H3,(H3,14,15). The molecule has 0 aliphatic carbocycles. The van der Waals surface area contributed by atoms with E-state index in [2.05, 4.69) is 23.7 Å². The molecule has 4 heteroatoms. The van der Waals surface area contributed by atoms with Crippen LogP contribution >= 0.6 is 0 Å². The summed E-state index contributed by atoms with van der Waals surface area (Å²) in [7, 11) is 0. The van der Waals surface area contributed by atoms with Crippen molar-refractivity contribution in [3.8, 4) is 0 Å². The van der Waals surface area contributed by atoms with Gasteiger partial charge < -0.3 is 10.6 Å². The number of aromatic nitrogens is 1. The van der Waals surface area contributed by atoms with Crippen LogP contribution in [0.15, 0.2) is 18.2 Å². The van der Waals surface area contributed by atoms with E-state index < -0.39 is 0 Å². The van der Waals surface area contributed by atoms with Crippen LogP contribution in [0, 0.1) is 5.41 Å². The largest absolute Gasteiger partial charge is 0.382 e. The van der Waals surface area contributed by atoms with Crippen LogP contribution in [0.2, 0.25) is 0 Å². The molecule has 2 unspecified atom stereocenters. The number of hydrogen-bond acceptors (Lipinski definition) is 3. The van der Waals surface area contributed by atoms with Gasteiger partial charge in [0.15, 0.2) is 0 Å². The lowest BCUT2D eigenvalue weighted by atomic mass is 10.1. The number of hydrogen-bond donors (Lipinski definition) is 2. The van der Waals surface area contributed by atoms with Crippen LogP contribution in [-0.2, 0) is 0 Å². The molecule has 0 amide bonds. The predicted molar refractivity (Wildman–Crippen MR) is 70.5 cm³/mol. The number of amidine groups is 1. The molecule has 1 fully saturated rings. The molecular formula is C13H20N4. The van der Waals surface area contributed by atoms with Crippen molar-refractivity contribution in [2.24, 2.45) is 5.73 Å². The summed E-state index contributed by atoms with van der Waals surface area (Å²) in [5.41, 5.74) is 6.05. The zero-order chi connectivity index (χ0) is 12.4. The highest BCUT2D eigenvalue weighted by Crippen LogP contribution is 2.30. The smallest absolute Gasteiger partial charge is 0.141 e. The molecule has 1 saturated heterocycles. The maximum atomic E-state index is 7.44. The molecule has 0 aromatic carbocycles. The van der Waals surface area contributed by atoms with Crippen LogP contribution in [-0.4, -0.2) is 22.9 Å². The van der Waals surface area contributed by atoms with E-state index in [4.69, 9.17) is 11.1 Å². The van der Waals surface area contributed by atoms with Crippen molar-refractivity contribution in [2.75, 3.05) is 4.90 Å². The Morgan fingerprint density at radius 1 is 1.53 bits per heavy atom. The van der Waals surface area contributed by atoms with Gasteiger partial charge in [0.25, 0.3) is 0 Å². The van der Waals surface area contributed by atoms with E-state index >= 15 is 0 Å². The number of pyridine rings is 1. The summed E-state index contributed by atoms with van der Waals surface area (Å²) < 4.78 is 0. The second kappa shape index (κ2) is 4.73. The molecule has 17 heavy (non-hydrogen) atoms. The van der Waals surface area contributed by atoms with Crippen molar-refractivity contribution in [2.45, 2.75) is 45.2 Å². The minimum atomic E-state index is 0.0340. The number of rotatable bonds is 3. The lowest BCUT2D eigenvalue weighted by molar-refractivity contribution is 0.621. The molecule has 2 heterocycles. The van der Waals surface area contributed by atoms with Gasteiger partial charge in [-0.15, -0.1) is 0 Å². The van der Waals surface area contributed by atoms with Crippen LogP contribution in [0.3, 0.4) is 0 Å². The number of nitrogens with zero attached hydrogens (tertiary/aromatic N) is 2. The Labute approximate surface area is 102 Å². The van der Waals surface area contributed by atoms with Crippen molar-refractivity contribution in [3.63, 3.8) is 0 Å². The van der Waals surface area contributed by atoms with E-state index in [-0.39, 0.29) is 5.84 Å². The second-order valence-corrected chi connectivity index (χ2v) is 4.69. The van der Waals surface area contributed by atoms with E-state index in [9.17, 15) is 0 Å². The number of nitrogens with one attached hydrogen (secondary N) is 1. The molecule has 1 aromatic heterocycles. The lowest BCUT2D eigenvalue weighted by Gasteiger charge is -2.29. The molecule has 3 N–H and O–H groups in total. The molecule has 4 nitrogen and oxygen atoms in total. The maximum Gasteiger partial charge on any atom is 0.141 e. The fourth-order valence-corrected chi connectivity index (χ4v) is 2.60. The summed E-state index contributed by atoms with van der Waals surface area (Å²) in [6, 6.07) is 6.82. The lowest BCUT2D eigenvalue weighted by Crippen LogP contribution is -2.35. The highest BCUT2D eigenvalue weighted by Gasteiger charge is 2.30. The highest BCUT2D eigenvalue weighted by atomic mass is 15.3. The van der Waals surface area contributed by atoms with Crippen molar-refractivity contribution in [3.05, 3.63) is 23.9 Å². The summed E-state index contributed by atoms with van der Waals surface area (Å²) in [6.07, 6.45) is 3.57. The number of nitrogens with two attached hydrogens (primary N) is 1. The van der Waals surface area contributed by atoms with Gasteiger partial charge in [0, 0.05) is 12.1 Å². The summed E-state index contributed by atoms with van der Waals surface area (Å²) in [5, 5.41) is 7.44. The molecular weight excluding hydrogens is 212 g/mol. The Morgan fingerprint density at radius 3 is 2.94 bits per heavy atom. The van der Waals surface area contributed by atoms with Gasteiger partial charge in [-0.25, -0.2) is 4.98 Å². The minimum absolute atomic E-state index is 0.0340. The first-order valence-corrected chi connectivity index (χ1v) is 6.23. The van der Waals surface area contributed by atoms with Gasteiger partial charge in [-0.2, -0.15) is 0 Å². The Bertz CT molecular complexity index is 416. The first kappa shape index (κ1) is 11.9. The molecule has 0 bridgehead atoms.